The number of rotatable bonds is 11. The number of para-hydroxylation sites is 1. The first-order valence-corrected chi connectivity index (χ1v) is 14.1. The molecule has 43 heavy (non-hydrogen) atoms. The fraction of sp³-hybridized carbons (Fsp3) is 0.333. The third-order valence-corrected chi connectivity index (χ3v) is 7.56. The zero-order chi connectivity index (χ0) is 29.9. The second kappa shape index (κ2) is 12.2. The average Bonchev–Trinajstić information content (AvgIpc) is 3.76. The number of pyridine rings is 1. The Kier molecular flexibility index (Phi) is 7.99. The Hall–Kier alpha value is -4.88. The van der Waals surface area contributed by atoms with Crippen molar-refractivity contribution < 1.29 is 19.4 Å². The van der Waals surface area contributed by atoms with Crippen LogP contribution in [0.2, 0.25) is 0 Å². The number of aromatic nitrogens is 5. The van der Waals surface area contributed by atoms with E-state index in [1.54, 1.807) is 13.2 Å². The van der Waals surface area contributed by atoms with E-state index in [4.69, 9.17) is 4.74 Å². The summed E-state index contributed by atoms with van der Waals surface area (Å²) in [5.74, 6) is 0.299. The van der Waals surface area contributed by atoms with E-state index in [0.29, 0.717) is 29.4 Å². The Labute approximate surface area is 248 Å². The molecule has 6 rings (SSSR count). The minimum atomic E-state index is -0.419. The Morgan fingerprint density at radius 2 is 1.86 bits per heavy atom. The monoisotopic (exact) mass is 583 g/mol. The van der Waals surface area contributed by atoms with Crippen molar-refractivity contribution in [3.8, 4) is 16.9 Å². The molecule has 0 unspecified atom stereocenters. The van der Waals surface area contributed by atoms with Crippen LogP contribution in [0.15, 0.2) is 54.9 Å². The summed E-state index contributed by atoms with van der Waals surface area (Å²) >= 11 is 0. The van der Waals surface area contributed by atoms with Crippen LogP contribution in [0.5, 0.6) is 5.75 Å². The molecule has 2 aliphatic rings. The van der Waals surface area contributed by atoms with Crippen molar-refractivity contribution in [2.75, 3.05) is 37.9 Å². The molecule has 13 heteroatoms. The maximum absolute atomic E-state index is 12.6. The zero-order valence-electron chi connectivity index (χ0n) is 23.9. The summed E-state index contributed by atoms with van der Waals surface area (Å²) in [6.45, 7) is 2.32. The van der Waals surface area contributed by atoms with Crippen LogP contribution in [0.3, 0.4) is 0 Å². The van der Waals surface area contributed by atoms with Crippen LogP contribution in [0, 0.1) is 5.92 Å². The van der Waals surface area contributed by atoms with Gasteiger partial charge in [0.15, 0.2) is 11.5 Å². The highest BCUT2D eigenvalue weighted by Gasteiger charge is 2.31. The molecule has 2 amide bonds. The number of amides is 2. The van der Waals surface area contributed by atoms with Crippen LogP contribution in [0.25, 0.3) is 11.1 Å². The van der Waals surface area contributed by atoms with Gasteiger partial charge in [0, 0.05) is 56.0 Å². The number of nitrogens with zero attached hydrogens (tertiary/aromatic N) is 6. The summed E-state index contributed by atoms with van der Waals surface area (Å²) in [4.78, 5) is 31.6. The molecule has 0 bridgehead atoms. The smallest absolute Gasteiger partial charge is 0.273 e. The molecular formula is C30H33N9O4. The first-order valence-electron chi connectivity index (χ1n) is 14.1. The number of ether oxygens (including phenoxy) is 1. The summed E-state index contributed by atoms with van der Waals surface area (Å²) < 4.78 is 7.80. The van der Waals surface area contributed by atoms with Gasteiger partial charge in [-0.1, -0.05) is 18.2 Å². The molecule has 222 valence electrons. The summed E-state index contributed by atoms with van der Waals surface area (Å²) in [5, 5.41) is 30.7. The highest BCUT2D eigenvalue weighted by atomic mass is 16.5. The largest absolute Gasteiger partial charge is 0.494 e. The van der Waals surface area contributed by atoms with Crippen LogP contribution in [0.4, 0.5) is 17.2 Å². The maximum atomic E-state index is 12.6. The van der Waals surface area contributed by atoms with Crippen LogP contribution >= 0.6 is 0 Å². The van der Waals surface area contributed by atoms with E-state index in [1.165, 1.54) is 7.05 Å². The lowest BCUT2D eigenvalue weighted by atomic mass is 10.1. The molecule has 1 aliphatic heterocycles. The molecule has 0 radical (unpaired) electrons. The number of aliphatic hydroxyl groups excluding tert-OH is 1. The normalized spacial score (nSPS) is 15.0. The van der Waals surface area contributed by atoms with Gasteiger partial charge in [-0.2, -0.15) is 5.10 Å². The van der Waals surface area contributed by atoms with Gasteiger partial charge in [0.1, 0.15) is 5.75 Å². The van der Waals surface area contributed by atoms with Crippen molar-refractivity contribution in [2.45, 2.75) is 32.0 Å². The van der Waals surface area contributed by atoms with E-state index in [0.717, 1.165) is 42.8 Å². The third-order valence-electron chi connectivity index (χ3n) is 7.56. The molecule has 1 saturated heterocycles. The molecule has 0 atom stereocenters. The second-order valence-electron chi connectivity index (χ2n) is 10.7. The number of benzene rings is 1. The molecule has 3 aromatic heterocycles. The second-order valence-corrected chi connectivity index (χ2v) is 10.7. The lowest BCUT2D eigenvalue weighted by Gasteiger charge is -2.39. The molecule has 4 heterocycles. The fourth-order valence-electron chi connectivity index (χ4n) is 5.09. The van der Waals surface area contributed by atoms with Gasteiger partial charge in [0.25, 0.3) is 5.91 Å². The number of aliphatic hydroxyl groups is 1. The SMILES string of the molecule is CNC(=O)c1nnc(NC(=O)C2CC2)cc1Nc1cccc(-c2cnn(C3CN(Cc4cccc(CO)n4)C3)c2)c1OC. The molecule has 13 nitrogen and oxygen atoms in total. The predicted molar refractivity (Wildman–Crippen MR) is 159 cm³/mol. The van der Waals surface area contributed by atoms with E-state index in [9.17, 15) is 14.7 Å². The van der Waals surface area contributed by atoms with E-state index >= 15 is 0 Å². The highest BCUT2D eigenvalue weighted by Crippen LogP contribution is 2.39. The average molecular weight is 584 g/mol. The Bertz CT molecular complexity index is 1650. The Balaban J connectivity index is 1.19. The summed E-state index contributed by atoms with van der Waals surface area (Å²) in [5.41, 5.74) is 4.38. The predicted octanol–water partition coefficient (Wildman–Crippen LogP) is 2.74. The third kappa shape index (κ3) is 6.17. The van der Waals surface area contributed by atoms with E-state index in [2.05, 4.69) is 41.1 Å². The van der Waals surface area contributed by atoms with Crippen LogP contribution in [0.1, 0.15) is 40.8 Å². The van der Waals surface area contributed by atoms with Gasteiger partial charge in [-0.25, -0.2) is 0 Å². The Morgan fingerprint density at radius 3 is 2.60 bits per heavy atom. The highest BCUT2D eigenvalue weighted by molar-refractivity contribution is 6.00. The first-order chi connectivity index (χ1) is 20.9. The molecule has 0 spiro atoms. The number of carbonyl (C=O) groups excluding carboxylic acids is 2. The molecule has 4 aromatic rings. The van der Waals surface area contributed by atoms with Crippen molar-refractivity contribution in [3.63, 3.8) is 0 Å². The van der Waals surface area contributed by atoms with Crippen LogP contribution < -0.4 is 20.7 Å². The Morgan fingerprint density at radius 1 is 1.07 bits per heavy atom. The quantitative estimate of drug-likeness (QED) is 0.207. The van der Waals surface area contributed by atoms with Gasteiger partial charge in [-0.15, -0.1) is 10.2 Å². The van der Waals surface area contributed by atoms with Crippen LogP contribution in [-0.4, -0.2) is 74.0 Å². The van der Waals surface area contributed by atoms with E-state index < -0.39 is 5.91 Å². The maximum Gasteiger partial charge on any atom is 0.273 e. The standard InChI is InChI=1S/C30H33N9O4/c1-31-30(42)27-25(11-26(36-37-27)35-29(41)18-9-10-18)34-24-8-4-7-23(28(24)43-2)19-12-32-39(13-19)22-15-38(16-22)14-20-5-3-6-21(17-40)33-20/h3-8,11-13,18,22,40H,9-10,14-17H2,1-2H3,(H,31,42)(H2,34,35,36,41). The van der Waals surface area contributed by atoms with Gasteiger partial charge in [-0.3, -0.25) is 24.2 Å². The van der Waals surface area contributed by atoms with E-state index in [-0.39, 0.29) is 36.0 Å². The minimum Gasteiger partial charge on any atom is -0.494 e. The number of likely N-dealkylation sites (tertiary alicyclic amines) is 1. The number of hydrogen-bond donors (Lipinski definition) is 4. The van der Waals surface area contributed by atoms with Gasteiger partial charge in [-0.05, 0) is 31.0 Å². The summed E-state index contributed by atoms with van der Waals surface area (Å²) in [6.07, 6.45) is 5.53. The summed E-state index contributed by atoms with van der Waals surface area (Å²) in [6, 6.07) is 13.2. The van der Waals surface area contributed by atoms with Crippen molar-refractivity contribution in [2.24, 2.45) is 5.92 Å². The fourth-order valence-corrected chi connectivity index (χ4v) is 5.09. The molecule has 4 N–H and O–H groups in total. The molecule has 1 aliphatic carbocycles. The van der Waals surface area contributed by atoms with Crippen molar-refractivity contribution in [3.05, 3.63) is 71.9 Å². The van der Waals surface area contributed by atoms with Gasteiger partial charge >= 0.3 is 0 Å². The number of hydrogen-bond acceptors (Lipinski definition) is 10. The first kappa shape index (κ1) is 28.2. The topological polar surface area (TPSA) is 159 Å². The number of anilines is 3. The molecular weight excluding hydrogens is 550 g/mol. The van der Waals surface area contributed by atoms with Gasteiger partial charge in [0.2, 0.25) is 5.91 Å². The van der Waals surface area contributed by atoms with Crippen molar-refractivity contribution in [1.82, 2.24) is 35.2 Å². The molecule has 1 aromatic carbocycles. The minimum absolute atomic E-state index is 0.00141. The van der Waals surface area contributed by atoms with Crippen molar-refractivity contribution >= 4 is 29.0 Å². The summed E-state index contributed by atoms with van der Waals surface area (Å²) in [7, 11) is 3.10. The number of nitrogens with one attached hydrogen (secondary N) is 3. The zero-order valence-corrected chi connectivity index (χ0v) is 23.9. The lowest BCUT2D eigenvalue weighted by Crippen LogP contribution is -2.47. The number of carbonyl (C=O) groups is 2. The molecule has 1 saturated carbocycles. The van der Waals surface area contributed by atoms with Crippen LogP contribution in [-0.2, 0) is 17.9 Å². The van der Waals surface area contributed by atoms with E-state index in [1.807, 2.05) is 53.5 Å². The lowest BCUT2D eigenvalue weighted by molar-refractivity contribution is -0.117. The number of methoxy groups -OCH3 is 1. The van der Waals surface area contributed by atoms with Gasteiger partial charge < -0.3 is 25.8 Å². The van der Waals surface area contributed by atoms with Gasteiger partial charge in [0.05, 0.1) is 48.7 Å². The van der Waals surface area contributed by atoms with Crippen molar-refractivity contribution in [1.29, 1.82) is 0 Å². The molecule has 2 fully saturated rings.